The molecule has 0 aliphatic carbocycles. The zero-order valence-electron chi connectivity index (χ0n) is 8.18. The molecule has 1 aliphatic heterocycles. The second-order valence-electron chi connectivity index (χ2n) is 2.68. The van der Waals surface area contributed by atoms with Crippen LogP contribution in [0.1, 0.15) is 0 Å². The Balaban J connectivity index is 2.22. The number of oxime groups is 1. The Morgan fingerprint density at radius 3 is 2.78 bits per heavy atom. The summed E-state index contributed by atoms with van der Waals surface area (Å²) in [7, 11) is 0. The van der Waals surface area contributed by atoms with Crippen molar-refractivity contribution >= 4 is 11.7 Å². The van der Waals surface area contributed by atoms with Gasteiger partial charge < -0.3 is 10.1 Å². The highest BCUT2D eigenvalue weighted by molar-refractivity contribution is 5.79. The molecule has 0 amide bonds. The SMILES string of the molecule is O=[N+]([O-])C1=NON([N+](=O)[O-])C1N=Nc1cnon1. The normalized spacial score (nSPS) is 18.8. The number of amidine groups is 1. The predicted octanol–water partition coefficient (Wildman–Crippen LogP) is -0.492. The van der Waals surface area contributed by atoms with Crippen LogP contribution in [0.5, 0.6) is 0 Å². The van der Waals surface area contributed by atoms with Crippen LogP contribution < -0.4 is 0 Å². The molecular weight excluding hydrogens is 256 g/mol. The van der Waals surface area contributed by atoms with Crippen molar-refractivity contribution in [1.29, 1.82) is 0 Å². The molecule has 1 unspecified atom stereocenters. The first-order valence-electron chi connectivity index (χ1n) is 4.11. The lowest BCUT2D eigenvalue weighted by Crippen LogP contribution is -2.39. The third-order valence-electron chi connectivity index (χ3n) is 1.63. The summed E-state index contributed by atoms with van der Waals surface area (Å²) >= 11 is 0. The molecule has 14 heteroatoms. The molecule has 1 aliphatic rings. The molecule has 1 aromatic heterocycles. The number of hydrazine groups is 1. The van der Waals surface area contributed by atoms with Crippen molar-refractivity contribution in [3.05, 3.63) is 26.4 Å². The largest absolute Gasteiger partial charge is 0.445 e. The van der Waals surface area contributed by atoms with Crippen molar-refractivity contribution in [2.24, 2.45) is 15.4 Å². The third kappa shape index (κ3) is 2.01. The van der Waals surface area contributed by atoms with Gasteiger partial charge in [0, 0.05) is 0 Å². The van der Waals surface area contributed by atoms with Gasteiger partial charge in [0.15, 0.2) is 5.16 Å². The average molecular weight is 258 g/mol. The average Bonchev–Trinajstić information content (AvgIpc) is 2.95. The number of hydrogen-bond acceptors (Lipinski definition) is 11. The Labute approximate surface area is 95.7 Å². The lowest BCUT2D eigenvalue weighted by molar-refractivity contribution is -0.736. The number of nitro groups is 2. The van der Waals surface area contributed by atoms with Gasteiger partial charge in [-0.15, -0.1) is 10.2 Å². The van der Waals surface area contributed by atoms with E-state index in [9.17, 15) is 20.2 Å². The Bertz CT molecular complexity index is 522. The first kappa shape index (κ1) is 11.3. The van der Waals surface area contributed by atoms with E-state index in [-0.39, 0.29) is 11.0 Å². The van der Waals surface area contributed by atoms with E-state index in [0.29, 0.717) is 0 Å². The highest BCUT2D eigenvalue weighted by Gasteiger charge is 2.50. The van der Waals surface area contributed by atoms with E-state index >= 15 is 0 Å². The van der Waals surface area contributed by atoms with Gasteiger partial charge in [-0.3, -0.25) is 0 Å². The summed E-state index contributed by atoms with van der Waals surface area (Å²) in [5, 5.41) is 36.0. The number of azo groups is 1. The molecule has 0 spiro atoms. The van der Waals surface area contributed by atoms with Crippen LogP contribution >= 0.6 is 0 Å². The minimum Gasteiger partial charge on any atom is -0.358 e. The van der Waals surface area contributed by atoms with Crippen LogP contribution in [0, 0.1) is 20.2 Å². The molecule has 94 valence electrons. The van der Waals surface area contributed by atoms with Gasteiger partial charge in [0.1, 0.15) is 11.4 Å². The van der Waals surface area contributed by atoms with E-state index in [1.54, 1.807) is 0 Å². The van der Waals surface area contributed by atoms with Gasteiger partial charge in [-0.2, -0.15) is 0 Å². The first-order valence-corrected chi connectivity index (χ1v) is 4.11. The van der Waals surface area contributed by atoms with Gasteiger partial charge in [-0.25, -0.2) is 14.7 Å². The lowest BCUT2D eigenvalue weighted by atomic mass is 10.5. The smallest absolute Gasteiger partial charge is 0.358 e. The molecule has 1 atom stereocenters. The molecule has 18 heavy (non-hydrogen) atoms. The molecule has 0 radical (unpaired) electrons. The summed E-state index contributed by atoms with van der Waals surface area (Å²) in [6, 6.07) is 0. The van der Waals surface area contributed by atoms with Crippen LogP contribution in [0.3, 0.4) is 0 Å². The summed E-state index contributed by atoms with van der Waals surface area (Å²) in [5.74, 6) is -1.00. The summed E-state index contributed by atoms with van der Waals surface area (Å²) in [6.07, 6.45) is -0.676. The van der Waals surface area contributed by atoms with E-state index in [1.807, 2.05) is 0 Å². The van der Waals surface area contributed by atoms with E-state index < -0.39 is 22.0 Å². The van der Waals surface area contributed by atoms with Crippen molar-refractivity contribution in [3.63, 3.8) is 0 Å². The Kier molecular flexibility index (Phi) is 2.73. The number of nitrogens with zero attached hydrogens (tertiary/aromatic N) is 8. The third-order valence-corrected chi connectivity index (χ3v) is 1.63. The van der Waals surface area contributed by atoms with Crippen molar-refractivity contribution in [2.75, 3.05) is 0 Å². The van der Waals surface area contributed by atoms with Gasteiger partial charge in [0.2, 0.25) is 10.9 Å². The van der Waals surface area contributed by atoms with Crippen LogP contribution in [0.25, 0.3) is 0 Å². The predicted molar refractivity (Wildman–Crippen MR) is 46.9 cm³/mol. The minimum atomic E-state index is -1.73. The summed E-state index contributed by atoms with van der Waals surface area (Å²) in [5.41, 5.74) is 0. The molecule has 2 rings (SSSR count). The van der Waals surface area contributed by atoms with E-state index in [0.717, 1.165) is 6.20 Å². The molecule has 1 aromatic rings. The number of hydroxylamine groups is 1. The maximum absolute atomic E-state index is 10.5. The molecule has 0 saturated heterocycles. The van der Waals surface area contributed by atoms with Gasteiger partial charge in [-0.05, 0) is 10.1 Å². The van der Waals surface area contributed by atoms with Crippen molar-refractivity contribution in [3.8, 4) is 0 Å². The fourth-order valence-corrected chi connectivity index (χ4v) is 0.934. The van der Waals surface area contributed by atoms with E-state index in [2.05, 4.69) is 35.3 Å². The fraction of sp³-hybridized carbons (Fsp3) is 0.250. The molecule has 0 saturated carbocycles. The van der Waals surface area contributed by atoms with Gasteiger partial charge >= 0.3 is 12.0 Å². The monoisotopic (exact) mass is 258 g/mol. The summed E-state index contributed by atoms with van der Waals surface area (Å²) in [4.78, 5) is 24.2. The maximum atomic E-state index is 10.5. The molecular formula is C4H2N8O6. The second kappa shape index (κ2) is 4.36. The van der Waals surface area contributed by atoms with Crippen LogP contribution in [0.15, 0.2) is 26.2 Å². The van der Waals surface area contributed by atoms with Crippen molar-refractivity contribution < 1.29 is 19.5 Å². The van der Waals surface area contributed by atoms with Crippen LogP contribution in [-0.2, 0) is 4.94 Å². The molecule has 14 nitrogen and oxygen atoms in total. The Morgan fingerprint density at radius 2 is 2.22 bits per heavy atom. The number of hydrogen-bond donors (Lipinski definition) is 0. The maximum Gasteiger partial charge on any atom is 0.445 e. The Hall–Kier alpha value is -3.19. The standard InChI is InChI=1S/C4H2N8O6/c13-11(14)4-3(10(12(15)16)18-9-4)7-6-2-1-5-17-8-2/h1,3H. The molecule has 0 bridgehead atoms. The zero-order chi connectivity index (χ0) is 13.1. The topological polar surface area (TPSA) is 175 Å². The van der Waals surface area contributed by atoms with Crippen molar-refractivity contribution in [1.82, 2.24) is 15.5 Å². The van der Waals surface area contributed by atoms with Gasteiger partial charge in [0.25, 0.3) is 0 Å². The summed E-state index contributed by atoms with van der Waals surface area (Å²) < 4.78 is 4.18. The van der Waals surface area contributed by atoms with Crippen molar-refractivity contribution in [2.45, 2.75) is 6.17 Å². The number of rotatable bonds is 3. The molecule has 0 aromatic carbocycles. The fourth-order valence-electron chi connectivity index (χ4n) is 0.934. The molecule has 0 fully saturated rings. The lowest BCUT2D eigenvalue weighted by Gasteiger charge is -2.03. The van der Waals surface area contributed by atoms with E-state index in [4.69, 9.17) is 0 Å². The second-order valence-corrected chi connectivity index (χ2v) is 2.68. The first-order chi connectivity index (χ1) is 8.59. The van der Waals surface area contributed by atoms with Gasteiger partial charge in [0.05, 0.1) is 0 Å². The highest BCUT2D eigenvalue weighted by atomic mass is 16.9. The number of aromatic nitrogens is 2. The van der Waals surface area contributed by atoms with E-state index in [1.165, 1.54) is 0 Å². The molecule has 0 N–H and O–H groups in total. The quantitative estimate of drug-likeness (QED) is 0.393. The van der Waals surface area contributed by atoms with Crippen LogP contribution in [-0.4, -0.2) is 37.4 Å². The zero-order valence-corrected chi connectivity index (χ0v) is 8.18. The Morgan fingerprint density at radius 1 is 1.44 bits per heavy atom. The van der Waals surface area contributed by atoms with Crippen LogP contribution in [0.2, 0.25) is 0 Å². The van der Waals surface area contributed by atoms with Crippen LogP contribution in [0.4, 0.5) is 5.82 Å². The van der Waals surface area contributed by atoms with Gasteiger partial charge in [-0.1, -0.05) is 10.1 Å². The molecule has 2 heterocycles. The highest BCUT2D eigenvalue weighted by Crippen LogP contribution is 2.16. The summed E-state index contributed by atoms with van der Waals surface area (Å²) in [6.45, 7) is 0. The minimum absolute atomic E-state index is 0.0326.